The molecule has 116 valence electrons. The van der Waals surface area contributed by atoms with E-state index in [1.165, 1.54) is 18.6 Å². The van der Waals surface area contributed by atoms with Crippen molar-refractivity contribution in [3.05, 3.63) is 35.1 Å². The van der Waals surface area contributed by atoms with Gasteiger partial charge in [0.05, 0.1) is 5.56 Å². The van der Waals surface area contributed by atoms with Crippen LogP contribution in [0.3, 0.4) is 0 Å². The average molecular weight is 292 g/mol. The highest BCUT2D eigenvalue weighted by molar-refractivity contribution is 5.89. The summed E-state index contributed by atoms with van der Waals surface area (Å²) >= 11 is 0. The fourth-order valence-electron chi connectivity index (χ4n) is 3.23. The minimum atomic E-state index is -0.331. The number of hydrogen-bond acceptors (Lipinski definition) is 2. The van der Waals surface area contributed by atoms with Gasteiger partial charge in [0.25, 0.3) is 0 Å². The number of benzene rings is 1. The Balaban J connectivity index is 2.10. The van der Waals surface area contributed by atoms with Gasteiger partial charge in [0.2, 0.25) is 0 Å². The van der Waals surface area contributed by atoms with E-state index in [1.807, 2.05) is 0 Å². The summed E-state index contributed by atoms with van der Waals surface area (Å²) in [5.74, 6) is 0.894. The Kier molecular flexibility index (Phi) is 5.02. The molecule has 1 aromatic carbocycles. The molecular formula is C18H25FO2. The molecule has 0 heterocycles. The summed E-state index contributed by atoms with van der Waals surface area (Å²) in [5.41, 5.74) is 0.913. The maximum absolute atomic E-state index is 13.3. The third-order valence-corrected chi connectivity index (χ3v) is 4.61. The van der Waals surface area contributed by atoms with Gasteiger partial charge in [0, 0.05) is 0 Å². The molecule has 0 N–H and O–H groups in total. The molecule has 1 aliphatic rings. The van der Waals surface area contributed by atoms with Crippen LogP contribution >= 0.6 is 0 Å². The fraction of sp³-hybridized carbons (Fsp3) is 0.611. The first-order valence-electron chi connectivity index (χ1n) is 7.85. The van der Waals surface area contributed by atoms with E-state index in [0.29, 0.717) is 28.9 Å². The van der Waals surface area contributed by atoms with Crippen molar-refractivity contribution in [3.8, 4) is 0 Å². The van der Waals surface area contributed by atoms with Crippen LogP contribution in [0.1, 0.15) is 56.0 Å². The van der Waals surface area contributed by atoms with Crippen LogP contribution < -0.4 is 0 Å². The molecule has 1 aliphatic carbocycles. The lowest BCUT2D eigenvalue weighted by molar-refractivity contribution is -0.0174. The Hall–Kier alpha value is -1.38. The second-order valence-corrected chi connectivity index (χ2v) is 6.73. The quantitative estimate of drug-likeness (QED) is 0.751. The second kappa shape index (κ2) is 6.59. The van der Waals surface area contributed by atoms with Crippen molar-refractivity contribution in [1.29, 1.82) is 0 Å². The maximum atomic E-state index is 13.3. The summed E-state index contributed by atoms with van der Waals surface area (Å²) in [4.78, 5) is 12.3. The van der Waals surface area contributed by atoms with E-state index in [0.717, 1.165) is 12.8 Å². The maximum Gasteiger partial charge on any atom is 0.338 e. The zero-order valence-electron chi connectivity index (χ0n) is 13.4. The Morgan fingerprint density at radius 2 is 2.05 bits per heavy atom. The largest absolute Gasteiger partial charge is 0.458 e. The van der Waals surface area contributed by atoms with E-state index in [4.69, 9.17) is 4.74 Å². The Morgan fingerprint density at radius 1 is 1.33 bits per heavy atom. The van der Waals surface area contributed by atoms with Crippen LogP contribution in [-0.4, -0.2) is 12.1 Å². The van der Waals surface area contributed by atoms with E-state index in [9.17, 15) is 9.18 Å². The minimum Gasteiger partial charge on any atom is -0.458 e. The van der Waals surface area contributed by atoms with Crippen molar-refractivity contribution in [3.63, 3.8) is 0 Å². The van der Waals surface area contributed by atoms with Crippen LogP contribution in [0, 0.1) is 30.5 Å². The number of carbonyl (C=O) groups excluding carboxylic acids is 1. The van der Waals surface area contributed by atoms with Crippen molar-refractivity contribution in [2.45, 2.75) is 53.1 Å². The van der Waals surface area contributed by atoms with Gasteiger partial charge in [-0.2, -0.15) is 0 Å². The van der Waals surface area contributed by atoms with Crippen molar-refractivity contribution >= 4 is 5.97 Å². The van der Waals surface area contributed by atoms with E-state index in [-0.39, 0.29) is 17.9 Å². The third kappa shape index (κ3) is 3.84. The lowest BCUT2D eigenvalue weighted by Gasteiger charge is -2.36. The SMILES string of the molecule is Cc1cc(C(=O)OC2CC(C)CCC2C(C)C)ccc1F. The number of ether oxygens (including phenoxy) is 1. The van der Waals surface area contributed by atoms with Gasteiger partial charge in [0.15, 0.2) is 0 Å². The summed E-state index contributed by atoms with van der Waals surface area (Å²) in [6.07, 6.45) is 3.21. The third-order valence-electron chi connectivity index (χ3n) is 4.61. The molecule has 2 nitrogen and oxygen atoms in total. The zero-order chi connectivity index (χ0) is 15.6. The Labute approximate surface area is 126 Å². The number of aryl methyl sites for hydroxylation is 1. The molecule has 3 heteroatoms. The molecule has 0 radical (unpaired) electrons. The molecule has 3 atom stereocenters. The fourth-order valence-corrected chi connectivity index (χ4v) is 3.23. The smallest absolute Gasteiger partial charge is 0.338 e. The highest BCUT2D eigenvalue weighted by atomic mass is 19.1. The summed E-state index contributed by atoms with van der Waals surface area (Å²) in [7, 11) is 0. The summed E-state index contributed by atoms with van der Waals surface area (Å²) in [5, 5.41) is 0. The van der Waals surface area contributed by atoms with E-state index >= 15 is 0 Å². The van der Waals surface area contributed by atoms with E-state index in [1.54, 1.807) is 13.0 Å². The molecule has 1 saturated carbocycles. The molecule has 0 amide bonds. The highest BCUT2D eigenvalue weighted by Crippen LogP contribution is 2.35. The number of rotatable bonds is 3. The van der Waals surface area contributed by atoms with Crippen molar-refractivity contribution in [2.24, 2.45) is 17.8 Å². The van der Waals surface area contributed by atoms with Crippen LogP contribution in [0.15, 0.2) is 18.2 Å². The molecule has 2 rings (SSSR count). The second-order valence-electron chi connectivity index (χ2n) is 6.73. The standard InChI is InChI=1S/C18H25FO2/c1-11(2)15-7-5-12(3)9-17(15)21-18(20)14-6-8-16(19)13(4)10-14/h6,8,10-12,15,17H,5,7,9H2,1-4H3. The van der Waals surface area contributed by atoms with Crippen molar-refractivity contribution in [2.75, 3.05) is 0 Å². The normalized spacial score (nSPS) is 25.9. The first-order valence-corrected chi connectivity index (χ1v) is 7.85. The van der Waals surface area contributed by atoms with Crippen LogP contribution in [0.25, 0.3) is 0 Å². The predicted octanol–water partition coefficient (Wildman–Crippen LogP) is 4.75. The molecule has 1 fully saturated rings. The molecule has 0 spiro atoms. The lowest BCUT2D eigenvalue weighted by Crippen LogP contribution is -2.35. The van der Waals surface area contributed by atoms with E-state index < -0.39 is 0 Å². The number of esters is 1. The van der Waals surface area contributed by atoms with Crippen LogP contribution in [0.4, 0.5) is 4.39 Å². The zero-order valence-corrected chi connectivity index (χ0v) is 13.4. The van der Waals surface area contributed by atoms with Gasteiger partial charge in [-0.15, -0.1) is 0 Å². The monoisotopic (exact) mass is 292 g/mol. The summed E-state index contributed by atoms with van der Waals surface area (Å²) in [6.45, 7) is 8.23. The lowest BCUT2D eigenvalue weighted by atomic mass is 9.75. The van der Waals surface area contributed by atoms with Gasteiger partial charge in [-0.1, -0.05) is 27.2 Å². The molecule has 3 unspecified atom stereocenters. The molecular weight excluding hydrogens is 267 g/mol. The topological polar surface area (TPSA) is 26.3 Å². The first kappa shape index (κ1) is 16.0. The Bertz CT molecular complexity index is 510. The molecule has 21 heavy (non-hydrogen) atoms. The minimum absolute atomic E-state index is 0.0217. The molecule has 0 aromatic heterocycles. The number of carbonyl (C=O) groups is 1. The predicted molar refractivity (Wildman–Crippen MR) is 81.7 cm³/mol. The molecule has 0 aliphatic heterocycles. The summed E-state index contributed by atoms with van der Waals surface area (Å²) < 4.78 is 19.0. The van der Waals surface area contributed by atoms with Crippen LogP contribution in [0.5, 0.6) is 0 Å². The number of hydrogen-bond donors (Lipinski definition) is 0. The van der Waals surface area contributed by atoms with Gasteiger partial charge < -0.3 is 4.74 Å². The van der Waals surface area contributed by atoms with Crippen LogP contribution in [0.2, 0.25) is 0 Å². The van der Waals surface area contributed by atoms with Gasteiger partial charge >= 0.3 is 5.97 Å². The van der Waals surface area contributed by atoms with Gasteiger partial charge in [-0.3, -0.25) is 0 Å². The first-order chi connectivity index (χ1) is 9.88. The van der Waals surface area contributed by atoms with Gasteiger partial charge in [-0.25, -0.2) is 9.18 Å². The molecule has 0 saturated heterocycles. The van der Waals surface area contributed by atoms with Gasteiger partial charge in [0.1, 0.15) is 11.9 Å². The van der Waals surface area contributed by atoms with Crippen molar-refractivity contribution in [1.82, 2.24) is 0 Å². The van der Waals surface area contributed by atoms with Gasteiger partial charge in [-0.05, 0) is 61.3 Å². The van der Waals surface area contributed by atoms with E-state index in [2.05, 4.69) is 20.8 Å². The number of halogens is 1. The van der Waals surface area contributed by atoms with Crippen molar-refractivity contribution < 1.29 is 13.9 Å². The summed E-state index contributed by atoms with van der Waals surface area (Å²) in [6, 6.07) is 4.39. The molecule has 1 aromatic rings. The average Bonchev–Trinajstić information content (AvgIpc) is 2.41. The van der Waals surface area contributed by atoms with Crippen LogP contribution in [-0.2, 0) is 4.74 Å². The highest BCUT2D eigenvalue weighted by Gasteiger charge is 2.33. The Morgan fingerprint density at radius 3 is 2.67 bits per heavy atom. The molecule has 0 bridgehead atoms.